The number of aryl methyl sites for hydroxylation is 1. The number of aromatic nitrogens is 2. The van der Waals surface area contributed by atoms with Gasteiger partial charge in [0.15, 0.2) is 5.82 Å². The number of piperidine rings is 1. The van der Waals surface area contributed by atoms with Crippen LogP contribution in [0, 0.1) is 6.92 Å². The molecule has 0 saturated carbocycles. The maximum Gasteiger partial charge on any atom is 0.223 e. The molecule has 1 aliphatic heterocycles. The molecule has 6 heteroatoms. The molecule has 0 amide bonds. The third kappa shape index (κ3) is 3.66. The Hall–Kier alpha value is -0.650. The summed E-state index contributed by atoms with van der Waals surface area (Å²) in [6.45, 7) is 5.73. The summed E-state index contributed by atoms with van der Waals surface area (Å²) in [6.07, 6.45) is 3.68. The molecule has 0 bridgehead atoms. The van der Waals surface area contributed by atoms with Crippen LogP contribution in [0.4, 0.5) is 0 Å². The molecule has 0 radical (unpaired) electrons. The third-order valence-electron chi connectivity index (χ3n) is 3.19. The molecule has 2 rings (SSSR count). The molecule has 1 aromatic heterocycles. The minimum absolute atomic E-state index is 0. The molecule has 0 aromatic carbocycles. The Balaban J connectivity index is 0.00000144. The van der Waals surface area contributed by atoms with Crippen molar-refractivity contribution in [1.29, 1.82) is 0 Å². The van der Waals surface area contributed by atoms with E-state index in [0.717, 1.165) is 18.9 Å². The lowest BCUT2D eigenvalue weighted by atomic mass is 9.97. The SMILES string of the molecule is Cc1nc(CN2CCCCC2C(C)N)no1.Cl. The highest BCUT2D eigenvalue weighted by atomic mass is 35.5. The van der Waals surface area contributed by atoms with Crippen molar-refractivity contribution in [3.8, 4) is 0 Å². The summed E-state index contributed by atoms with van der Waals surface area (Å²) < 4.78 is 4.98. The minimum atomic E-state index is 0. The van der Waals surface area contributed by atoms with Crippen molar-refractivity contribution >= 4 is 12.4 Å². The second kappa shape index (κ2) is 6.33. The molecular weight excluding hydrogens is 240 g/mol. The molecular formula is C11H21ClN4O. The summed E-state index contributed by atoms with van der Waals surface area (Å²) in [5.41, 5.74) is 6.01. The Morgan fingerprint density at radius 1 is 1.53 bits per heavy atom. The molecule has 2 heterocycles. The monoisotopic (exact) mass is 260 g/mol. The van der Waals surface area contributed by atoms with Gasteiger partial charge in [0.2, 0.25) is 5.89 Å². The summed E-state index contributed by atoms with van der Waals surface area (Å²) in [5, 5.41) is 3.94. The normalized spacial score (nSPS) is 23.1. The van der Waals surface area contributed by atoms with Crippen LogP contribution in [0.25, 0.3) is 0 Å². The van der Waals surface area contributed by atoms with Gasteiger partial charge in [-0.2, -0.15) is 4.98 Å². The van der Waals surface area contributed by atoms with Crippen LogP contribution < -0.4 is 5.73 Å². The Labute approximate surface area is 108 Å². The standard InChI is InChI=1S/C11H20N4O.ClH/c1-8(12)10-5-3-4-6-15(10)7-11-13-9(2)16-14-11;/h8,10H,3-7,12H2,1-2H3;1H. The number of hydrogen-bond acceptors (Lipinski definition) is 5. The largest absolute Gasteiger partial charge is 0.340 e. The Morgan fingerprint density at radius 3 is 2.88 bits per heavy atom. The lowest BCUT2D eigenvalue weighted by Crippen LogP contribution is -2.48. The highest BCUT2D eigenvalue weighted by molar-refractivity contribution is 5.85. The molecule has 1 aromatic rings. The van der Waals surface area contributed by atoms with E-state index in [0.29, 0.717) is 11.9 Å². The molecule has 0 spiro atoms. The van der Waals surface area contributed by atoms with E-state index in [9.17, 15) is 0 Å². The first kappa shape index (κ1) is 14.4. The van der Waals surface area contributed by atoms with Crippen molar-refractivity contribution in [2.24, 2.45) is 5.73 Å². The van der Waals surface area contributed by atoms with Crippen LogP contribution in [0.15, 0.2) is 4.52 Å². The molecule has 1 aliphatic rings. The van der Waals surface area contributed by atoms with E-state index in [4.69, 9.17) is 10.3 Å². The van der Waals surface area contributed by atoms with Crippen LogP contribution in [0.1, 0.15) is 37.9 Å². The lowest BCUT2D eigenvalue weighted by Gasteiger charge is -2.37. The summed E-state index contributed by atoms with van der Waals surface area (Å²) in [4.78, 5) is 6.61. The second-order valence-electron chi connectivity index (χ2n) is 4.62. The van der Waals surface area contributed by atoms with Crippen molar-refractivity contribution in [2.45, 2.75) is 51.7 Å². The zero-order valence-electron chi connectivity index (χ0n) is 10.4. The summed E-state index contributed by atoms with van der Waals surface area (Å²) in [7, 11) is 0. The minimum Gasteiger partial charge on any atom is -0.340 e. The van der Waals surface area contributed by atoms with Crippen LogP contribution in [0.5, 0.6) is 0 Å². The second-order valence-corrected chi connectivity index (χ2v) is 4.62. The first-order valence-electron chi connectivity index (χ1n) is 5.95. The third-order valence-corrected chi connectivity index (χ3v) is 3.19. The smallest absolute Gasteiger partial charge is 0.223 e. The van der Waals surface area contributed by atoms with E-state index in [1.807, 2.05) is 6.92 Å². The van der Waals surface area contributed by atoms with Crippen molar-refractivity contribution < 1.29 is 4.52 Å². The first-order chi connectivity index (χ1) is 7.66. The van der Waals surface area contributed by atoms with E-state index in [-0.39, 0.29) is 18.4 Å². The quantitative estimate of drug-likeness (QED) is 0.892. The van der Waals surface area contributed by atoms with E-state index in [2.05, 4.69) is 22.0 Å². The van der Waals surface area contributed by atoms with Gasteiger partial charge in [-0.15, -0.1) is 12.4 Å². The number of hydrogen-bond donors (Lipinski definition) is 1. The molecule has 0 aliphatic carbocycles. The average Bonchev–Trinajstić information content (AvgIpc) is 2.64. The van der Waals surface area contributed by atoms with Gasteiger partial charge in [-0.25, -0.2) is 0 Å². The fraction of sp³-hybridized carbons (Fsp3) is 0.818. The first-order valence-corrected chi connectivity index (χ1v) is 5.95. The van der Waals surface area contributed by atoms with Crippen LogP contribution in [-0.2, 0) is 6.54 Å². The summed E-state index contributed by atoms with van der Waals surface area (Å²) in [6, 6.07) is 0.654. The maximum atomic E-state index is 6.01. The van der Waals surface area contributed by atoms with Gasteiger partial charge in [0.1, 0.15) is 0 Å². The van der Waals surface area contributed by atoms with Crippen molar-refractivity contribution in [1.82, 2.24) is 15.0 Å². The van der Waals surface area contributed by atoms with Gasteiger partial charge in [-0.1, -0.05) is 11.6 Å². The van der Waals surface area contributed by atoms with Gasteiger partial charge < -0.3 is 10.3 Å². The van der Waals surface area contributed by atoms with E-state index >= 15 is 0 Å². The van der Waals surface area contributed by atoms with Gasteiger partial charge in [-0.05, 0) is 26.3 Å². The number of rotatable bonds is 3. The van der Waals surface area contributed by atoms with Gasteiger partial charge >= 0.3 is 0 Å². The molecule has 17 heavy (non-hydrogen) atoms. The highest BCUT2D eigenvalue weighted by Gasteiger charge is 2.26. The fourth-order valence-electron chi connectivity index (χ4n) is 2.40. The predicted molar refractivity (Wildman–Crippen MR) is 68.0 cm³/mol. The van der Waals surface area contributed by atoms with E-state index in [1.165, 1.54) is 19.3 Å². The number of nitrogens with two attached hydrogens (primary N) is 1. The molecule has 2 atom stereocenters. The maximum absolute atomic E-state index is 6.01. The van der Waals surface area contributed by atoms with Gasteiger partial charge in [0, 0.05) is 19.0 Å². The molecule has 2 unspecified atom stereocenters. The van der Waals surface area contributed by atoms with Gasteiger partial charge in [0.05, 0.1) is 6.54 Å². The van der Waals surface area contributed by atoms with Crippen molar-refractivity contribution in [3.05, 3.63) is 11.7 Å². The zero-order valence-corrected chi connectivity index (χ0v) is 11.2. The Morgan fingerprint density at radius 2 is 2.29 bits per heavy atom. The highest BCUT2D eigenvalue weighted by Crippen LogP contribution is 2.20. The topological polar surface area (TPSA) is 68.2 Å². The average molecular weight is 261 g/mol. The fourth-order valence-corrected chi connectivity index (χ4v) is 2.40. The van der Waals surface area contributed by atoms with Gasteiger partial charge in [0.25, 0.3) is 0 Å². The molecule has 2 N–H and O–H groups in total. The lowest BCUT2D eigenvalue weighted by molar-refractivity contribution is 0.118. The molecule has 98 valence electrons. The van der Waals surface area contributed by atoms with Gasteiger partial charge in [-0.3, -0.25) is 4.90 Å². The predicted octanol–water partition coefficient (Wildman–Crippen LogP) is 1.50. The van der Waals surface area contributed by atoms with E-state index < -0.39 is 0 Å². The summed E-state index contributed by atoms with van der Waals surface area (Å²) >= 11 is 0. The number of halogens is 1. The molecule has 1 saturated heterocycles. The van der Waals surface area contributed by atoms with Crippen LogP contribution in [0.2, 0.25) is 0 Å². The Kier molecular flexibility index (Phi) is 5.36. The summed E-state index contributed by atoms with van der Waals surface area (Å²) in [5.74, 6) is 1.40. The zero-order chi connectivity index (χ0) is 11.5. The Bertz CT molecular complexity index is 342. The molecule has 5 nitrogen and oxygen atoms in total. The number of nitrogens with zero attached hydrogens (tertiary/aromatic N) is 3. The van der Waals surface area contributed by atoms with Crippen molar-refractivity contribution in [3.63, 3.8) is 0 Å². The van der Waals surface area contributed by atoms with Crippen molar-refractivity contribution in [2.75, 3.05) is 6.54 Å². The number of likely N-dealkylation sites (tertiary alicyclic amines) is 1. The van der Waals surface area contributed by atoms with Crippen LogP contribution in [0.3, 0.4) is 0 Å². The van der Waals surface area contributed by atoms with Crippen LogP contribution >= 0.6 is 12.4 Å². The van der Waals surface area contributed by atoms with Crippen LogP contribution in [-0.4, -0.2) is 33.7 Å². The molecule has 1 fully saturated rings. The van der Waals surface area contributed by atoms with E-state index in [1.54, 1.807) is 0 Å².